The average Bonchev–Trinajstić information content (AvgIpc) is 3.77. The molecule has 0 bridgehead atoms. The molecule has 0 saturated carbocycles. The molecule has 0 fully saturated rings. The molecule has 6 aromatic carbocycles. The largest absolute Gasteiger partial charge is 0.484 e. The fourth-order valence-electron chi connectivity index (χ4n) is 7.36. The minimum atomic E-state index is 0.00426. The van der Waals surface area contributed by atoms with Gasteiger partial charge in [0.25, 0.3) is 0 Å². The van der Waals surface area contributed by atoms with Crippen LogP contribution in [0.3, 0.4) is 0 Å². The molecule has 0 amide bonds. The standard InChI is InChI=1S/C46H30N2OS/c1-2-11-29(12-3-1)30-23-25-31(26-24-30)32-13-8-14-33(27-32)34-15-9-16-35(28-34)46-47-42-38-18-5-7-22-41(38)50-45(42)43(48-46)39-20-10-19-37-36-17-4-6-21-40(36)49-44(37)39/h1-28,36,40H. The summed E-state index contributed by atoms with van der Waals surface area (Å²) < 4.78 is 8.90. The number of allylic oxidation sites excluding steroid dienone is 2. The third kappa shape index (κ3) is 4.88. The molecule has 1 aliphatic carbocycles. The molecular formula is C46H30N2OS. The van der Waals surface area contributed by atoms with Gasteiger partial charge in [-0.2, -0.15) is 0 Å². The molecule has 2 atom stereocenters. The fraction of sp³-hybridized carbons (Fsp3) is 0.0435. The smallest absolute Gasteiger partial charge is 0.160 e. The first-order valence-corrected chi connectivity index (χ1v) is 17.8. The lowest BCUT2D eigenvalue weighted by atomic mass is 9.91. The molecule has 0 N–H and O–H groups in total. The Morgan fingerprint density at radius 2 is 1.14 bits per heavy atom. The molecule has 2 aliphatic rings. The normalized spacial score (nSPS) is 16.0. The van der Waals surface area contributed by atoms with Gasteiger partial charge < -0.3 is 4.74 Å². The van der Waals surface area contributed by atoms with Crippen molar-refractivity contribution in [1.82, 2.24) is 9.97 Å². The van der Waals surface area contributed by atoms with Gasteiger partial charge in [-0.25, -0.2) is 9.97 Å². The molecule has 2 aromatic heterocycles. The second-order valence-corrected chi connectivity index (χ2v) is 13.9. The van der Waals surface area contributed by atoms with Crippen LogP contribution in [0.25, 0.3) is 76.3 Å². The molecule has 236 valence electrons. The molecule has 1 aliphatic heterocycles. The van der Waals surface area contributed by atoms with Gasteiger partial charge in [-0.1, -0.05) is 140 Å². The van der Waals surface area contributed by atoms with Crippen molar-refractivity contribution in [2.24, 2.45) is 0 Å². The summed E-state index contributed by atoms with van der Waals surface area (Å²) in [4.78, 5) is 10.6. The summed E-state index contributed by atoms with van der Waals surface area (Å²) in [5.74, 6) is 1.84. The zero-order valence-electron chi connectivity index (χ0n) is 27.0. The maximum Gasteiger partial charge on any atom is 0.160 e. The van der Waals surface area contributed by atoms with Crippen LogP contribution < -0.4 is 4.74 Å². The van der Waals surface area contributed by atoms with Crippen LogP contribution >= 0.6 is 11.3 Å². The summed E-state index contributed by atoms with van der Waals surface area (Å²) in [5, 5.41) is 1.15. The summed E-state index contributed by atoms with van der Waals surface area (Å²) >= 11 is 1.75. The van der Waals surface area contributed by atoms with Crippen LogP contribution in [0.15, 0.2) is 170 Å². The number of fused-ring (bicyclic) bond motifs is 6. The quantitative estimate of drug-likeness (QED) is 0.185. The number of ether oxygens (including phenoxy) is 1. The zero-order valence-corrected chi connectivity index (χ0v) is 27.8. The SMILES string of the molecule is C1=CC2Oc3c(-c4nc(-c5cccc(-c6cccc(-c7ccc(-c8ccccc8)cc7)c6)c5)nc5c4sc4ccccc45)cccc3C2C=C1. The van der Waals surface area contributed by atoms with Crippen molar-refractivity contribution in [3.63, 3.8) is 0 Å². The van der Waals surface area contributed by atoms with Crippen LogP contribution in [0.1, 0.15) is 11.5 Å². The molecule has 10 rings (SSSR count). The van der Waals surface area contributed by atoms with E-state index in [2.05, 4.69) is 170 Å². The Morgan fingerprint density at radius 1 is 0.520 bits per heavy atom. The van der Waals surface area contributed by atoms with Gasteiger partial charge in [-0.05, 0) is 63.7 Å². The van der Waals surface area contributed by atoms with Crippen LogP contribution in [0.2, 0.25) is 0 Å². The van der Waals surface area contributed by atoms with Crippen molar-refractivity contribution in [3.8, 4) is 61.8 Å². The van der Waals surface area contributed by atoms with Crippen molar-refractivity contribution in [1.29, 1.82) is 0 Å². The van der Waals surface area contributed by atoms with Crippen molar-refractivity contribution in [2.75, 3.05) is 0 Å². The Morgan fingerprint density at radius 3 is 1.96 bits per heavy atom. The third-order valence-electron chi connectivity index (χ3n) is 9.86. The molecule has 0 radical (unpaired) electrons. The lowest BCUT2D eigenvalue weighted by Crippen LogP contribution is -2.15. The number of rotatable bonds is 5. The maximum absolute atomic E-state index is 6.62. The van der Waals surface area contributed by atoms with E-state index in [0.29, 0.717) is 5.82 Å². The minimum absolute atomic E-state index is 0.00426. The molecule has 50 heavy (non-hydrogen) atoms. The van der Waals surface area contributed by atoms with E-state index in [1.807, 2.05) is 0 Å². The van der Waals surface area contributed by atoms with Crippen molar-refractivity contribution >= 4 is 31.6 Å². The van der Waals surface area contributed by atoms with Gasteiger partial charge in [0.1, 0.15) is 11.9 Å². The number of thiophene rings is 1. The molecule has 8 aromatic rings. The summed E-state index contributed by atoms with van der Waals surface area (Å²) in [6.07, 6.45) is 8.58. The highest BCUT2D eigenvalue weighted by Gasteiger charge is 2.34. The summed E-state index contributed by atoms with van der Waals surface area (Å²) in [6, 6.07) is 51.7. The second kappa shape index (κ2) is 11.8. The Bertz CT molecular complexity index is 2640. The zero-order chi connectivity index (χ0) is 33.0. The fourth-order valence-corrected chi connectivity index (χ4v) is 8.50. The van der Waals surface area contributed by atoms with Gasteiger partial charge in [0.15, 0.2) is 5.82 Å². The third-order valence-corrected chi connectivity index (χ3v) is 11.0. The van der Waals surface area contributed by atoms with Crippen molar-refractivity contribution in [2.45, 2.75) is 12.0 Å². The van der Waals surface area contributed by atoms with Crippen molar-refractivity contribution < 1.29 is 4.74 Å². The van der Waals surface area contributed by atoms with Gasteiger partial charge in [0.2, 0.25) is 0 Å². The molecule has 0 saturated heterocycles. The number of hydrogen-bond acceptors (Lipinski definition) is 4. The first-order valence-electron chi connectivity index (χ1n) is 17.0. The highest BCUT2D eigenvalue weighted by molar-refractivity contribution is 7.26. The summed E-state index contributed by atoms with van der Waals surface area (Å²) in [5.41, 5.74) is 12.2. The van der Waals surface area contributed by atoms with E-state index in [-0.39, 0.29) is 12.0 Å². The van der Waals surface area contributed by atoms with Gasteiger partial charge in [-0.15, -0.1) is 11.3 Å². The number of para-hydroxylation sites is 1. The molecule has 0 spiro atoms. The monoisotopic (exact) mass is 658 g/mol. The lowest BCUT2D eigenvalue weighted by molar-refractivity contribution is 0.270. The highest BCUT2D eigenvalue weighted by Crippen LogP contribution is 2.49. The average molecular weight is 659 g/mol. The first kappa shape index (κ1) is 28.9. The number of nitrogens with zero attached hydrogens (tertiary/aromatic N) is 2. The van der Waals surface area contributed by atoms with Gasteiger partial charge in [0.05, 0.1) is 15.9 Å². The number of hydrogen-bond donors (Lipinski definition) is 0. The molecule has 4 heteroatoms. The van der Waals surface area contributed by atoms with Gasteiger partial charge in [0, 0.05) is 32.7 Å². The molecule has 2 unspecified atom stereocenters. The van der Waals surface area contributed by atoms with E-state index in [1.54, 1.807) is 11.3 Å². The highest BCUT2D eigenvalue weighted by atomic mass is 32.1. The van der Waals surface area contributed by atoms with Crippen LogP contribution in [-0.4, -0.2) is 16.1 Å². The summed E-state index contributed by atoms with van der Waals surface area (Å²) in [6.45, 7) is 0. The Balaban J connectivity index is 1.07. The molecule has 3 nitrogen and oxygen atoms in total. The lowest BCUT2D eigenvalue weighted by Gasteiger charge is -2.14. The van der Waals surface area contributed by atoms with Crippen LogP contribution in [0.4, 0.5) is 0 Å². The summed E-state index contributed by atoms with van der Waals surface area (Å²) in [7, 11) is 0. The van der Waals surface area contributed by atoms with E-state index in [0.717, 1.165) is 49.3 Å². The first-order chi connectivity index (χ1) is 24.8. The maximum atomic E-state index is 6.62. The van der Waals surface area contributed by atoms with Gasteiger partial charge in [-0.3, -0.25) is 0 Å². The minimum Gasteiger partial charge on any atom is -0.484 e. The van der Waals surface area contributed by atoms with Crippen LogP contribution in [-0.2, 0) is 0 Å². The van der Waals surface area contributed by atoms with E-state index < -0.39 is 0 Å². The van der Waals surface area contributed by atoms with Crippen molar-refractivity contribution in [3.05, 3.63) is 175 Å². The topological polar surface area (TPSA) is 35.0 Å². The number of benzene rings is 6. The van der Waals surface area contributed by atoms with Gasteiger partial charge >= 0.3 is 0 Å². The van der Waals surface area contributed by atoms with E-state index in [9.17, 15) is 0 Å². The Kier molecular flexibility index (Phi) is 6.81. The van der Waals surface area contributed by atoms with Crippen LogP contribution in [0.5, 0.6) is 5.75 Å². The number of aromatic nitrogens is 2. The van der Waals surface area contributed by atoms with E-state index in [1.165, 1.54) is 32.5 Å². The Hall–Kier alpha value is -6.10. The predicted octanol–water partition coefficient (Wildman–Crippen LogP) is 12.2. The van der Waals surface area contributed by atoms with Crippen LogP contribution in [0, 0.1) is 0 Å². The Labute approximate surface area is 294 Å². The second-order valence-electron chi connectivity index (χ2n) is 12.9. The van der Waals surface area contributed by atoms with E-state index >= 15 is 0 Å². The van der Waals surface area contributed by atoms with E-state index in [4.69, 9.17) is 14.7 Å². The molecular weight excluding hydrogens is 629 g/mol. The predicted molar refractivity (Wildman–Crippen MR) is 208 cm³/mol. The molecule has 3 heterocycles.